The van der Waals surface area contributed by atoms with Crippen LogP contribution in [0.5, 0.6) is 0 Å². The van der Waals surface area contributed by atoms with E-state index in [0.29, 0.717) is 0 Å². The molecule has 3 N–H and O–H groups in total. The van der Waals surface area contributed by atoms with Gasteiger partial charge in [-0.15, -0.1) is 0 Å². The first-order valence-electron chi connectivity index (χ1n) is 3.60. The van der Waals surface area contributed by atoms with Gasteiger partial charge in [0, 0.05) is 0 Å². The van der Waals surface area contributed by atoms with Crippen molar-refractivity contribution in [1.29, 1.82) is 0 Å². The van der Waals surface area contributed by atoms with Gasteiger partial charge in [-0.05, 0) is 13.8 Å². The van der Waals surface area contributed by atoms with Crippen molar-refractivity contribution < 1.29 is 19.2 Å². The van der Waals surface area contributed by atoms with Crippen molar-refractivity contribution in [2.45, 2.75) is 13.8 Å². The van der Waals surface area contributed by atoms with Crippen molar-refractivity contribution in [3.8, 4) is 0 Å². The predicted molar refractivity (Wildman–Crippen MR) is 50.2 cm³/mol. The summed E-state index contributed by atoms with van der Waals surface area (Å²) >= 11 is 0. The van der Waals surface area contributed by atoms with E-state index in [1.54, 1.807) is 0 Å². The fraction of sp³-hybridized carbons (Fsp3) is 0.250. The highest BCUT2D eigenvalue weighted by Crippen LogP contribution is 2.25. The van der Waals surface area contributed by atoms with Crippen LogP contribution in [0.4, 0.5) is 0 Å². The molecule has 0 radical (unpaired) electrons. The van der Waals surface area contributed by atoms with Crippen molar-refractivity contribution in [1.82, 2.24) is 0 Å². The van der Waals surface area contributed by atoms with Crippen LogP contribution < -0.4 is 0 Å². The molecule has 0 saturated carbocycles. The molecule has 5 heteroatoms. The third-order valence-corrected chi connectivity index (χ3v) is 1.17. The molecule has 0 aliphatic rings. The van der Waals surface area contributed by atoms with Gasteiger partial charge in [0.05, 0.1) is 0 Å². The minimum absolute atomic E-state index is 1.34. The van der Waals surface area contributed by atoms with Crippen molar-refractivity contribution in [2.24, 2.45) is 0 Å². The summed E-state index contributed by atoms with van der Waals surface area (Å²) in [4.78, 5) is 21.6. The SMILES string of the molecule is Cc1cccc(C)c1.O=P(O)(O)O. The average molecular weight is 204 g/mol. The Morgan fingerprint density at radius 1 is 1.08 bits per heavy atom. The van der Waals surface area contributed by atoms with Gasteiger partial charge in [-0.25, -0.2) is 4.57 Å². The van der Waals surface area contributed by atoms with Crippen LogP contribution in [0.1, 0.15) is 11.1 Å². The maximum Gasteiger partial charge on any atom is 0.466 e. The number of hydrogen-bond donors (Lipinski definition) is 3. The molecule has 0 aliphatic heterocycles. The normalized spacial score (nSPS) is 10.2. The van der Waals surface area contributed by atoms with Crippen LogP contribution in [-0.4, -0.2) is 14.7 Å². The van der Waals surface area contributed by atoms with E-state index in [-0.39, 0.29) is 0 Å². The van der Waals surface area contributed by atoms with Gasteiger partial charge in [0.15, 0.2) is 0 Å². The second kappa shape index (κ2) is 5.14. The molecule has 0 heterocycles. The molecule has 0 fully saturated rings. The molecule has 0 spiro atoms. The van der Waals surface area contributed by atoms with Gasteiger partial charge in [-0.3, -0.25) is 0 Å². The Bertz CT molecular complexity index is 279. The summed E-state index contributed by atoms with van der Waals surface area (Å²) in [6, 6.07) is 8.45. The van der Waals surface area contributed by atoms with E-state index in [9.17, 15) is 0 Å². The Labute approximate surface area is 77.1 Å². The van der Waals surface area contributed by atoms with Crippen LogP contribution in [-0.2, 0) is 4.57 Å². The minimum atomic E-state index is -4.64. The smallest absolute Gasteiger partial charge is 0.303 e. The first-order valence-corrected chi connectivity index (χ1v) is 5.17. The Kier molecular flexibility index (Phi) is 4.88. The van der Waals surface area contributed by atoms with Crippen LogP contribution in [0, 0.1) is 13.8 Å². The number of benzene rings is 1. The molecular formula is C8H13O4P. The van der Waals surface area contributed by atoms with Gasteiger partial charge in [0.1, 0.15) is 0 Å². The third kappa shape index (κ3) is 11.3. The maximum absolute atomic E-state index is 8.88. The summed E-state index contributed by atoms with van der Waals surface area (Å²) < 4.78 is 8.88. The summed E-state index contributed by atoms with van der Waals surface area (Å²) in [6.07, 6.45) is 0. The molecule has 0 amide bonds. The van der Waals surface area contributed by atoms with Crippen molar-refractivity contribution in [3.63, 3.8) is 0 Å². The highest BCUT2D eigenvalue weighted by atomic mass is 31.2. The first-order chi connectivity index (χ1) is 5.79. The molecule has 4 nitrogen and oxygen atoms in total. The van der Waals surface area contributed by atoms with Crippen LogP contribution >= 0.6 is 7.82 Å². The maximum atomic E-state index is 8.88. The molecule has 1 aromatic carbocycles. The fourth-order valence-corrected chi connectivity index (χ4v) is 0.807. The van der Waals surface area contributed by atoms with Crippen LogP contribution in [0.15, 0.2) is 24.3 Å². The summed E-state index contributed by atoms with van der Waals surface area (Å²) in [5.41, 5.74) is 2.68. The largest absolute Gasteiger partial charge is 0.466 e. The number of phosphoric acid groups is 1. The lowest BCUT2D eigenvalue weighted by atomic mass is 10.2. The Morgan fingerprint density at radius 2 is 1.38 bits per heavy atom. The van der Waals surface area contributed by atoms with E-state index in [1.807, 2.05) is 0 Å². The zero-order chi connectivity index (χ0) is 10.5. The molecule has 0 unspecified atom stereocenters. The molecule has 0 bridgehead atoms. The Balaban J connectivity index is 0.000000252. The molecule has 0 aromatic heterocycles. The first kappa shape index (κ1) is 12.3. The van der Waals surface area contributed by atoms with Gasteiger partial charge >= 0.3 is 7.82 Å². The molecule has 0 atom stereocenters. The topological polar surface area (TPSA) is 77.8 Å². The van der Waals surface area contributed by atoms with E-state index in [4.69, 9.17) is 19.2 Å². The molecule has 0 aliphatic carbocycles. The lowest BCUT2D eigenvalue weighted by molar-refractivity contribution is 0.275. The molecule has 1 aromatic rings. The van der Waals surface area contributed by atoms with Crippen LogP contribution in [0.3, 0.4) is 0 Å². The summed E-state index contributed by atoms with van der Waals surface area (Å²) in [6.45, 7) is 4.21. The molecule has 74 valence electrons. The molecular weight excluding hydrogens is 191 g/mol. The molecule has 0 saturated heterocycles. The van der Waals surface area contributed by atoms with Gasteiger partial charge in [0.2, 0.25) is 0 Å². The van der Waals surface area contributed by atoms with E-state index in [0.717, 1.165) is 0 Å². The summed E-state index contributed by atoms with van der Waals surface area (Å²) in [5, 5.41) is 0. The Hall–Kier alpha value is -0.670. The zero-order valence-electron chi connectivity index (χ0n) is 7.51. The van der Waals surface area contributed by atoms with Crippen molar-refractivity contribution in [2.75, 3.05) is 0 Å². The highest BCUT2D eigenvalue weighted by Gasteiger charge is 2.00. The van der Waals surface area contributed by atoms with Crippen LogP contribution in [0.25, 0.3) is 0 Å². The summed E-state index contributed by atoms with van der Waals surface area (Å²) in [7, 11) is -4.64. The Morgan fingerprint density at radius 3 is 1.54 bits per heavy atom. The van der Waals surface area contributed by atoms with E-state index in [1.165, 1.54) is 11.1 Å². The summed E-state index contributed by atoms with van der Waals surface area (Å²) in [5.74, 6) is 0. The van der Waals surface area contributed by atoms with E-state index >= 15 is 0 Å². The van der Waals surface area contributed by atoms with Gasteiger partial charge in [-0.2, -0.15) is 0 Å². The van der Waals surface area contributed by atoms with Crippen molar-refractivity contribution in [3.05, 3.63) is 35.4 Å². The van der Waals surface area contributed by atoms with E-state index in [2.05, 4.69) is 38.1 Å². The quantitative estimate of drug-likeness (QED) is 0.558. The lowest BCUT2D eigenvalue weighted by Crippen LogP contribution is -1.71. The fourth-order valence-electron chi connectivity index (χ4n) is 0.807. The van der Waals surface area contributed by atoms with Crippen LogP contribution in [0.2, 0.25) is 0 Å². The number of rotatable bonds is 0. The second-order valence-electron chi connectivity index (χ2n) is 2.67. The second-order valence-corrected chi connectivity index (χ2v) is 3.70. The van der Waals surface area contributed by atoms with Crippen molar-refractivity contribution >= 4 is 7.82 Å². The minimum Gasteiger partial charge on any atom is -0.303 e. The predicted octanol–water partition coefficient (Wildman–Crippen LogP) is 1.37. The number of hydrogen-bond acceptors (Lipinski definition) is 1. The zero-order valence-corrected chi connectivity index (χ0v) is 8.40. The van der Waals surface area contributed by atoms with E-state index < -0.39 is 7.82 Å². The monoisotopic (exact) mass is 204 g/mol. The van der Waals surface area contributed by atoms with Gasteiger partial charge in [-0.1, -0.05) is 35.4 Å². The molecule has 13 heavy (non-hydrogen) atoms. The number of aryl methyl sites for hydroxylation is 2. The standard InChI is InChI=1S/C8H10.H3O4P/c1-7-4-3-5-8(2)6-7;1-5(2,3)4/h3-6H,1-2H3;(H3,1,2,3,4). The highest BCUT2D eigenvalue weighted by molar-refractivity contribution is 7.45. The lowest BCUT2D eigenvalue weighted by Gasteiger charge is -1.90. The van der Waals surface area contributed by atoms with Gasteiger partial charge < -0.3 is 14.7 Å². The van der Waals surface area contributed by atoms with Gasteiger partial charge in [0.25, 0.3) is 0 Å². The molecule has 1 rings (SSSR count). The third-order valence-electron chi connectivity index (χ3n) is 1.17. The average Bonchev–Trinajstić information content (AvgIpc) is 1.81.